The summed E-state index contributed by atoms with van der Waals surface area (Å²) in [6.45, 7) is 1.93. The van der Waals surface area contributed by atoms with Gasteiger partial charge in [-0.15, -0.1) is 0 Å². The standard InChI is InChI=1S/C6H4N2.C2H6O/c7-4-6-2-1-3-8-5-6;1-2-3/h1-3,5H;3H,2H2,1H3. The largest absolute Gasteiger partial charge is 0.397 e. The van der Waals surface area contributed by atoms with E-state index in [-0.39, 0.29) is 6.61 Å². The molecule has 0 radical (unpaired) electrons. The Morgan fingerprint density at radius 3 is 2.64 bits per heavy atom. The molecule has 1 N–H and O–H groups in total. The third-order valence-electron chi connectivity index (χ3n) is 0.791. The number of rotatable bonds is 0. The summed E-state index contributed by atoms with van der Waals surface area (Å²) in [4.78, 5) is 3.73. The molecule has 3 heteroatoms. The lowest BCUT2D eigenvalue weighted by Gasteiger charge is -1.79. The Hall–Kier alpha value is -1.40. The van der Waals surface area contributed by atoms with Crippen LogP contribution in [0.1, 0.15) is 12.5 Å². The van der Waals surface area contributed by atoms with Crippen molar-refractivity contribution < 1.29 is 5.11 Å². The fraction of sp³-hybridized carbons (Fsp3) is 0.250. The van der Waals surface area contributed by atoms with Crippen molar-refractivity contribution in [3.05, 3.63) is 30.1 Å². The minimum atomic E-state index is 0.250. The number of nitriles is 1. The van der Waals surface area contributed by atoms with Crippen molar-refractivity contribution in [3.63, 3.8) is 0 Å². The third kappa shape index (κ3) is 5.07. The molecule has 0 aromatic carbocycles. The average Bonchev–Trinajstić information content (AvgIpc) is 2.08. The van der Waals surface area contributed by atoms with Gasteiger partial charge in [0.05, 0.1) is 5.56 Å². The van der Waals surface area contributed by atoms with E-state index in [4.69, 9.17) is 10.4 Å². The predicted octanol–water partition coefficient (Wildman–Crippen LogP) is 0.952. The van der Waals surface area contributed by atoms with Crippen molar-refractivity contribution in [3.8, 4) is 6.07 Å². The van der Waals surface area contributed by atoms with Gasteiger partial charge in [-0.3, -0.25) is 4.98 Å². The molecule has 1 aromatic rings. The average molecular weight is 150 g/mol. The molecule has 0 amide bonds. The maximum absolute atomic E-state index is 8.25. The maximum Gasteiger partial charge on any atom is 0.101 e. The molecule has 0 fully saturated rings. The third-order valence-corrected chi connectivity index (χ3v) is 0.791. The van der Waals surface area contributed by atoms with E-state index in [1.807, 2.05) is 6.07 Å². The van der Waals surface area contributed by atoms with Gasteiger partial charge in [0.15, 0.2) is 0 Å². The summed E-state index contributed by atoms with van der Waals surface area (Å²) in [6, 6.07) is 5.41. The number of hydrogen-bond acceptors (Lipinski definition) is 3. The zero-order chi connectivity index (χ0) is 8.53. The molecule has 0 aliphatic rings. The SMILES string of the molecule is CCO.N#Cc1cccnc1. The zero-order valence-corrected chi connectivity index (χ0v) is 6.36. The Labute approximate surface area is 65.9 Å². The Morgan fingerprint density at radius 1 is 1.73 bits per heavy atom. The van der Waals surface area contributed by atoms with Gasteiger partial charge >= 0.3 is 0 Å². The number of hydrogen-bond donors (Lipinski definition) is 1. The minimum absolute atomic E-state index is 0.250. The first-order chi connectivity index (χ1) is 5.35. The number of pyridine rings is 1. The van der Waals surface area contributed by atoms with Gasteiger partial charge < -0.3 is 5.11 Å². The Bertz CT molecular complexity index is 215. The first-order valence-electron chi connectivity index (χ1n) is 3.26. The van der Waals surface area contributed by atoms with Gasteiger partial charge in [0.25, 0.3) is 0 Å². The van der Waals surface area contributed by atoms with Crippen molar-refractivity contribution in [2.24, 2.45) is 0 Å². The molecule has 0 atom stereocenters. The molecular formula is C8H10N2O. The normalized spacial score (nSPS) is 7.36. The second-order valence-electron chi connectivity index (χ2n) is 1.67. The van der Waals surface area contributed by atoms with Gasteiger partial charge in [0.1, 0.15) is 6.07 Å². The smallest absolute Gasteiger partial charge is 0.101 e. The van der Waals surface area contributed by atoms with Crippen molar-refractivity contribution in [1.82, 2.24) is 4.98 Å². The summed E-state index contributed by atoms with van der Waals surface area (Å²) < 4.78 is 0. The first-order valence-corrected chi connectivity index (χ1v) is 3.26. The van der Waals surface area contributed by atoms with Crippen LogP contribution in [0.25, 0.3) is 0 Å². The van der Waals surface area contributed by atoms with Crippen molar-refractivity contribution >= 4 is 0 Å². The van der Waals surface area contributed by atoms with Crippen LogP contribution in [0.5, 0.6) is 0 Å². The Morgan fingerprint density at radius 2 is 2.36 bits per heavy atom. The quantitative estimate of drug-likeness (QED) is 0.599. The fourth-order valence-corrected chi connectivity index (χ4v) is 0.429. The Balaban J connectivity index is 0.000000292. The molecule has 0 spiro atoms. The number of aromatic nitrogens is 1. The molecule has 3 nitrogen and oxygen atoms in total. The van der Waals surface area contributed by atoms with E-state index >= 15 is 0 Å². The monoisotopic (exact) mass is 150 g/mol. The van der Waals surface area contributed by atoms with Crippen molar-refractivity contribution in [2.75, 3.05) is 6.61 Å². The molecule has 0 unspecified atom stereocenters. The lowest BCUT2D eigenvalue weighted by molar-refractivity contribution is 0.318. The Kier molecular flexibility index (Phi) is 5.86. The van der Waals surface area contributed by atoms with Crippen LogP contribution in [-0.2, 0) is 0 Å². The maximum atomic E-state index is 8.25. The molecule has 0 aliphatic heterocycles. The highest BCUT2D eigenvalue weighted by Gasteiger charge is 1.80. The van der Waals surface area contributed by atoms with E-state index in [1.54, 1.807) is 25.3 Å². The van der Waals surface area contributed by atoms with E-state index in [2.05, 4.69) is 4.98 Å². The van der Waals surface area contributed by atoms with E-state index in [0.29, 0.717) is 5.56 Å². The highest BCUT2D eigenvalue weighted by atomic mass is 16.2. The number of aliphatic hydroxyl groups excluding tert-OH is 1. The molecule has 0 bridgehead atoms. The van der Waals surface area contributed by atoms with Crippen LogP contribution in [-0.4, -0.2) is 16.7 Å². The topological polar surface area (TPSA) is 56.9 Å². The molecule has 1 rings (SSSR count). The van der Waals surface area contributed by atoms with Crippen LogP contribution in [0.3, 0.4) is 0 Å². The lowest BCUT2D eigenvalue weighted by atomic mass is 10.3. The summed E-state index contributed by atoms with van der Waals surface area (Å²) in [6.07, 6.45) is 3.17. The minimum Gasteiger partial charge on any atom is -0.397 e. The summed E-state index contributed by atoms with van der Waals surface area (Å²) in [5, 5.41) is 15.8. The van der Waals surface area contributed by atoms with Crippen LogP contribution < -0.4 is 0 Å². The summed E-state index contributed by atoms with van der Waals surface area (Å²) in [7, 11) is 0. The van der Waals surface area contributed by atoms with Gasteiger partial charge in [-0.05, 0) is 19.1 Å². The molecule has 58 valence electrons. The zero-order valence-electron chi connectivity index (χ0n) is 6.36. The first kappa shape index (κ1) is 9.60. The van der Waals surface area contributed by atoms with Crippen molar-refractivity contribution in [1.29, 1.82) is 5.26 Å². The van der Waals surface area contributed by atoms with Crippen molar-refractivity contribution in [2.45, 2.75) is 6.92 Å². The highest BCUT2D eigenvalue weighted by Crippen LogP contribution is 1.89. The molecule has 1 aromatic heterocycles. The molecule has 0 aliphatic carbocycles. The summed E-state index contributed by atoms with van der Waals surface area (Å²) in [5.74, 6) is 0. The van der Waals surface area contributed by atoms with E-state index in [0.717, 1.165) is 0 Å². The second-order valence-corrected chi connectivity index (χ2v) is 1.67. The fourth-order valence-electron chi connectivity index (χ4n) is 0.429. The number of aliphatic hydroxyl groups is 1. The lowest BCUT2D eigenvalue weighted by Crippen LogP contribution is -1.72. The summed E-state index contributed by atoms with van der Waals surface area (Å²) in [5.41, 5.74) is 0.604. The van der Waals surface area contributed by atoms with E-state index < -0.39 is 0 Å². The van der Waals surface area contributed by atoms with Gasteiger partial charge in [-0.25, -0.2) is 0 Å². The second kappa shape index (κ2) is 6.72. The molecule has 11 heavy (non-hydrogen) atoms. The van der Waals surface area contributed by atoms with Crippen LogP contribution in [0.4, 0.5) is 0 Å². The van der Waals surface area contributed by atoms with Crippen LogP contribution >= 0.6 is 0 Å². The van der Waals surface area contributed by atoms with Crippen LogP contribution in [0, 0.1) is 11.3 Å². The van der Waals surface area contributed by atoms with Crippen LogP contribution in [0.2, 0.25) is 0 Å². The molecule has 1 heterocycles. The number of nitrogens with zero attached hydrogens (tertiary/aromatic N) is 2. The molecule has 0 saturated heterocycles. The van der Waals surface area contributed by atoms with E-state index in [9.17, 15) is 0 Å². The van der Waals surface area contributed by atoms with Crippen LogP contribution in [0.15, 0.2) is 24.5 Å². The van der Waals surface area contributed by atoms with Gasteiger partial charge in [-0.1, -0.05) is 0 Å². The predicted molar refractivity (Wildman–Crippen MR) is 41.7 cm³/mol. The highest BCUT2D eigenvalue weighted by molar-refractivity contribution is 5.23. The van der Waals surface area contributed by atoms with Gasteiger partial charge in [0, 0.05) is 19.0 Å². The van der Waals surface area contributed by atoms with Gasteiger partial charge in [0.2, 0.25) is 0 Å². The van der Waals surface area contributed by atoms with E-state index in [1.165, 1.54) is 6.20 Å². The molecular weight excluding hydrogens is 140 g/mol. The summed E-state index contributed by atoms with van der Waals surface area (Å²) >= 11 is 0. The molecule has 0 saturated carbocycles. The van der Waals surface area contributed by atoms with Gasteiger partial charge in [-0.2, -0.15) is 5.26 Å².